The molecule has 2 aliphatic rings. The number of hydrogen-bond donors (Lipinski definition) is 1. The van der Waals surface area contributed by atoms with Crippen molar-refractivity contribution in [1.29, 1.82) is 0 Å². The largest absolute Gasteiger partial charge is 0.313 e. The molecule has 1 unspecified atom stereocenters. The smallest absolute Gasteiger partial charge is 0.0152 e. The van der Waals surface area contributed by atoms with Gasteiger partial charge in [-0.3, -0.25) is 0 Å². The molecule has 0 amide bonds. The quantitative estimate of drug-likeness (QED) is 0.573. The fraction of sp³-hybridized carbons (Fsp3) is 1.00. The predicted octanol–water partition coefficient (Wildman–Crippen LogP) is 5.93. The van der Waals surface area contributed by atoms with Gasteiger partial charge in [0.1, 0.15) is 0 Å². The highest BCUT2D eigenvalue weighted by atomic mass is 14.9. The molecule has 2 rings (SSSR count). The zero-order valence-corrected chi connectivity index (χ0v) is 14.9. The zero-order valence-electron chi connectivity index (χ0n) is 14.9. The Bertz CT molecular complexity index is 270. The van der Waals surface area contributed by atoms with E-state index in [2.05, 4.69) is 26.1 Å². The van der Waals surface area contributed by atoms with Crippen molar-refractivity contribution in [1.82, 2.24) is 5.32 Å². The van der Waals surface area contributed by atoms with E-state index in [0.29, 0.717) is 5.41 Å². The van der Waals surface area contributed by atoms with Crippen LogP contribution in [-0.4, -0.2) is 12.6 Å². The van der Waals surface area contributed by atoms with E-state index in [9.17, 15) is 0 Å². The van der Waals surface area contributed by atoms with Crippen LogP contribution < -0.4 is 5.32 Å². The van der Waals surface area contributed by atoms with Crippen molar-refractivity contribution >= 4 is 0 Å². The molecule has 0 aromatic rings. The van der Waals surface area contributed by atoms with Crippen LogP contribution in [0, 0.1) is 17.3 Å². The van der Waals surface area contributed by atoms with Crippen molar-refractivity contribution in [3.63, 3.8) is 0 Å². The lowest BCUT2D eigenvalue weighted by Gasteiger charge is -2.44. The maximum Gasteiger partial charge on any atom is 0.0152 e. The number of hydrogen-bond acceptors (Lipinski definition) is 1. The molecule has 0 aromatic carbocycles. The van der Waals surface area contributed by atoms with Gasteiger partial charge >= 0.3 is 0 Å². The molecule has 0 heterocycles. The van der Waals surface area contributed by atoms with Gasteiger partial charge in [-0.2, -0.15) is 0 Å². The average molecular weight is 294 g/mol. The van der Waals surface area contributed by atoms with Crippen LogP contribution >= 0.6 is 0 Å². The Kier molecular flexibility index (Phi) is 7.05. The average Bonchev–Trinajstić information content (AvgIpc) is 2.74. The van der Waals surface area contributed by atoms with Gasteiger partial charge in [0.25, 0.3) is 0 Å². The van der Waals surface area contributed by atoms with Gasteiger partial charge in [-0.25, -0.2) is 0 Å². The molecule has 21 heavy (non-hydrogen) atoms. The van der Waals surface area contributed by atoms with E-state index in [4.69, 9.17) is 0 Å². The Balaban J connectivity index is 2.14. The van der Waals surface area contributed by atoms with Crippen LogP contribution in [0.25, 0.3) is 0 Å². The molecule has 2 aliphatic carbocycles. The first-order valence-corrected chi connectivity index (χ1v) is 9.91. The molecule has 0 aliphatic heterocycles. The van der Waals surface area contributed by atoms with E-state index < -0.39 is 0 Å². The maximum absolute atomic E-state index is 4.06. The minimum atomic E-state index is 0.623. The summed E-state index contributed by atoms with van der Waals surface area (Å²) in [5.74, 6) is 1.80. The molecule has 0 spiro atoms. The highest BCUT2D eigenvalue weighted by Gasteiger charge is 2.44. The summed E-state index contributed by atoms with van der Waals surface area (Å²) in [7, 11) is 0. The molecule has 0 radical (unpaired) electrons. The van der Waals surface area contributed by atoms with Crippen LogP contribution in [0.15, 0.2) is 0 Å². The second-order valence-corrected chi connectivity index (χ2v) is 8.35. The second kappa shape index (κ2) is 8.56. The third-order valence-electron chi connectivity index (χ3n) is 6.06. The predicted molar refractivity (Wildman–Crippen MR) is 93.6 cm³/mol. The Morgan fingerprint density at radius 1 is 0.952 bits per heavy atom. The SMILES string of the molecule is CCCNC(C1CCCCCC1)C1(CC(C)C)CCCC1. The summed E-state index contributed by atoms with van der Waals surface area (Å²) < 4.78 is 0. The molecule has 1 N–H and O–H groups in total. The van der Waals surface area contributed by atoms with E-state index in [1.54, 1.807) is 0 Å². The number of rotatable bonds is 7. The molecule has 0 bridgehead atoms. The minimum absolute atomic E-state index is 0.623. The van der Waals surface area contributed by atoms with Crippen molar-refractivity contribution < 1.29 is 0 Å². The van der Waals surface area contributed by atoms with E-state index in [1.165, 1.54) is 83.6 Å². The summed E-state index contributed by atoms with van der Waals surface area (Å²) in [6.45, 7) is 8.41. The monoisotopic (exact) mass is 293 g/mol. The maximum atomic E-state index is 4.06. The molecular formula is C20H39N. The van der Waals surface area contributed by atoms with Crippen LogP contribution in [-0.2, 0) is 0 Å². The van der Waals surface area contributed by atoms with Crippen molar-refractivity contribution in [2.45, 2.75) is 104 Å². The Hall–Kier alpha value is -0.0400. The standard InChI is InChI=1S/C20H39N/c1-4-15-21-19(18-11-7-5-6-8-12-18)20(16-17(2)3)13-9-10-14-20/h17-19,21H,4-16H2,1-3H3. The highest BCUT2D eigenvalue weighted by Crippen LogP contribution is 2.49. The summed E-state index contributed by atoms with van der Waals surface area (Å²) in [6, 6.07) is 0.806. The van der Waals surface area contributed by atoms with Gasteiger partial charge in [0.15, 0.2) is 0 Å². The summed E-state index contributed by atoms with van der Waals surface area (Å²) in [5.41, 5.74) is 0.623. The summed E-state index contributed by atoms with van der Waals surface area (Å²) in [5, 5.41) is 4.06. The lowest BCUT2D eigenvalue weighted by Crippen LogP contribution is -2.49. The number of nitrogens with one attached hydrogen (secondary N) is 1. The third-order valence-corrected chi connectivity index (χ3v) is 6.06. The van der Waals surface area contributed by atoms with Gasteiger partial charge < -0.3 is 5.32 Å². The molecule has 0 saturated heterocycles. The van der Waals surface area contributed by atoms with Crippen LogP contribution in [0.3, 0.4) is 0 Å². The molecule has 124 valence electrons. The Labute approximate surface area is 133 Å². The molecule has 0 aromatic heterocycles. The Morgan fingerprint density at radius 3 is 2.10 bits per heavy atom. The van der Waals surface area contributed by atoms with Gasteiger partial charge in [0, 0.05) is 6.04 Å². The lowest BCUT2D eigenvalue weighted by molar-refractivity contribution is 0.102. The van der Waals surface area contributed by atoms with Crippen molar-refractivity contribution in [2.24, 2.45) is 17.3 Å². The van der Waals surface area contributed by atoms with E-state index in [0.717, 1.165) is 17.9 Å². The Morgan fingerprint density at radius 2 is 1.57 bits per heavy atom. The van der Waals surface area contributed by atoms with Crippen molar-refractivity contribution in [3.05, 3.63) is 0 Å². The molecule has 1 nitrogen and oxygen atoms in total. The molecular weight excluding hydrogens is 254 g/mol. The second-order valence-electron chi connectivity index (χ2n) is 8.35. The normalized spacial score (nSPS) is 25.1. The topological polar surface area (TPSA) is 12.0 Å². The van der Waals surface area contributed by atoms with Crippen molar-refractivity contribution in [3.8, 4) is 0 Å². The van der Waals surface area contributed by atoms with Gasteiger partial charge in [0.2, 0.25) is 0 Å². The molecule has 1 atom stereocenters. The van der Waals surface area contributed by atoms with Gasteiger partial charge in [-0.05, 0) is 62.3 Å². The lowest BCUT2D eigenvalue weighted by atomic mass is 9.67. The van der Waals surface area contributed by atoms with Gasteiger partial charge in [-0.1, -0.05) is 59.3 Å². The summed E-state index contributed by atoms with van der Waals surface area (Å²) in [6.07, 6.45) is 17.6. The summed E-state index contributed by atoms with van der Waals surface area (Å²) >= 11 is 0. The first-order chi connectivity index (χ1) is 10.2. The minimum Gasteiger partial charge on any atom is -0.313 e. The molecule has 2 fully saturated rings. The van der Waals surface area contributed by atoms with E-state index >= 15 is 0 Å². The molecule has 1 heteroatoms. The van der Waals surface area contributed by atoms with Gasteiger partial charge in [-0.15, -0.1) is 0 Å². The first kappa shape index (κ1) is 17.3. The zero-order chi connectivity index (χ0) is 15.1. The van der Waals surface area contributed by atoms with E-state index in [1.807, 2.05) is 0 Å². The van der Waals surface area contributed by atoms with Crippen LogP contribution in [0.4, 0.5) is 0 Å². The highest BCUT2D eigenvalue weighted by molar-refractivity contribution is 4.98. The van der Waals surface area contributed by atoms with Crippen molar-refractivity contribution in [2.75, 3.05) is 6.54 Å². The van der Waals surface area contributed by atoms with Crippen LogP contribution in [0.2, 0.25) is 0 Å². The summed E-state index contributed by atoms with van der Waals surface area (Å²) in [4.78, 5) is 0. The molecule has 2 saturated carbocycles. The van der Waals surface area contributed by atoms with Crippen LogP contribution in [0.5, 0.6) is 0 Å². The van der Waals surface area contributed by atoms with Gasteiger partial charge in [0.05, 0.1) is 0 Å². The fourth-order valence-electron chi connectivity index (χ4n) is 5.36. The first-order valence-electron chi connectivity index (χ1n) is 9.91. The fourth-order valence-corrected chi connectivity index (χ4v) is 5.36. The third kappa shape index (κ3) is 4.71. The van der Waals surface area contributed by atoms with Crippen LogP contribution in [0.1, 0.15) is 97.8 Å². The van der Waals surface area contributed by atoms with E-state index in [-0.39, 0.29) is 0 Å².